The third kappa shape index (κ3) is 2.81. The van der Waals surface area contributed by atoms with Gasteiger partial charge in [0.1, 0.15) is 5.75 Å². The molecule has 1 unspecified atom stereocenters. The van der Waals surface area contributed by atoms with Crippen LogP contribution in [-0.2, 0) is 19.3 Å². The van der Waals surface area contributed by atoms with Gasteiger partial charge in [0.15, 0.2) is 0 Å². The number of methoxy groups -OCH3 is 1. The Morgan fingerprint density at radius 2 is 1.89 bits per heavy atom. The van der Waals surface area contributed by atoms with Gasteiger partial charge in [-0.1, -0.05) is 36.4 Å². The standard InChI is InChI=1S/C18H20O/c1-19-18-10-9-16-12-15(7-8-17(16)13-18)11-14-5-3-2-4-6-14/h2-6,9-10,13,15H,7-8,11-12H2,1H3. The number of hydrogen-bond donors (Lipinski definition) is 0. The van der Waals surface area contributed by atoms with Crippen molar-refractivity contribution >= 4 is 0 Å². The SMILES string of the molecule is COc1ccc2c(c1)CCC(Cc1ccccc1)C2. The van der Waals surface area contributed by atoms with Gasteiger partial charge in [-0.05, 0) is 60.4 Å². The Kier molecular flexibility index (Phi) is 3.54. The topological polar surface area (TPSA) is 9.23 Å². The highest BCUT2D eigenvalue weighted by Gasteiger charge is 2.19. The monoisotopic (exact) mass is 252 g/mol. The van der Waals surface area contributed by atoms with Crippen molar-refractivity contribution in [3.63, 3.8) is 0 Å². The first-order chi connectivity index (χ1) is 9.35. The van der Waals surface area contributed by atoms with Crippen LogP contribution in [0.3, 0.4) is 0 Å². The van der Waals surface area contributed by atoms with E-state index in [4.69, 9.17) is 4.74 Å². The van der Waals surface area contributed by atoms with Crippen LogP contribution in [0.25, 0.3) is 0 Å². The molecule has 0 saturated heterocycles. The van der Waals surface area contributed by atoms with Gasteiger partial charge in [0, 0.05) is 0 Å². The van der Waals surface area contributed by atoms with Crippen molar-refractivity contribution in [1.82, 2.24) is 0 Å². The van der Waals surface area contributed by atoms with Crippen LogP contribution in [0.4, 0.5) is 0 Å². The smallest absolute Gasteiger partial charge is 0.119 e. The van der Waals surface area contributed by atoms with Crippen molar-refractivity contribution in [2.24, 2.45) is 5.92 Å². The van der Waals surface area contributed by atoms with Crippen LogP contribution < -0.4 is 4.74 Å². The molecule has 0 aromatic heterocycles. The molecule has 0 radical (unpaired) electrons. The van der Waals surface area contributed by atoms with Crippen molar-refractivity contribution in [1.29, 1.82) is 0 Å². The second-order valence-electron chi connectivity index (χ2n) is 5.43. The van der Waals surface area contributed by atoms with Gasteiger partial charge in [-0.2, -0.15) is 0 Å². The molecule has 1 nitrogen and oxygen atoms in total. The van der Waals surface area contributed by atoms with E-state index in [0.29, 0.717) is 0 Å². The minimum atomic E-state index is 0.781. The van der Waals surface area contributed by atoms with E-state index in [-0.39, 0.29) is 0 Å². The van der Waals surface area contributed by atoms with Crippen LogP contribution in [0.2, 0.25) is 0 Å². The lowest BCUT2D eigenvalue weighted by atomic mass is 9.81. The zero-order valence-electron chi connectivity index (χ0n) is 11.4. The van der Waals surface area contributed by atoms with E-state index in [1.807, 2.05) is 0 Å². The second-order valence-corrected chi connectivity index (χ2v) is 5.43. The normalized spacial score (nSPS) is 17.8. The average molecular weight is 252 g/mol. The van der Waals surface area contributed by atoms with Crippen LogP contribution in [0.15, 0.2) is 48.5 Å². The largest absolute Gasteiger partial charge is 0.497 e. The maximum atomic E-state index is 5.30. The molecule has 19 heavy (non-hydrogen) atoms. The van der Waals surface area contributed by atoms with E-state index >= 15 is 0 Å². The molecule has 1 heteroatoms. The van der Waals surface area contributed by atoms with E-state index in [9.17, 15) is 0 Å². The summed E-state index contributed by atoms with van der Waals surface area (Å²) in [5, 5.41) is 0. The molecule has 0 N–H and O–H groups in total. The Hall–Kier alpha value is -1.76. The molecule has 0 aliphatic heterocycles. The minimum absolute atomic E-state index is 0.781. The number of aryl methyl sites for hydroxylation is 1. The lowest BCUT2D eigenvalue weighted by Gasteiger charge is -2.25. The highest BCUT2D eigenvalue weighted by atomic mass is 16.5. The van der Waals surface area contributed by atoms with Crippen LogP contribution >= 0.6 is 0 Å². The lowest BCUT2D eigenvalue weighted by molar-refractivity contribution is 0.410. The number of benzene rings is 2. The van der Waals surface area contributed by atoms with Crippen molar-refractivity contribution in [2.75, 3.05) is 7.11 Å². The molecule has 0 bridgehead atoms. The summed E-state index contributed by atoms with van der Waals surface area (Å²) in [6, 6.07) is 17.4. The van der Waals surface area contributed by atoms with Gasteiger partial charge < -0.3 is 4.74 Å². The summed E-state index contributed by atoms with van der Waals surface area (Å²) in [7, 11) is 1.74. The molecular weight excluding hydrogens is 232 g/mol. The molecule has 0 saturated carbocycles. The molecule has 2 aromatic rings. The highest BCUT2D eigenvalue weighted by Crippen LogP contribution is 2.30. The third-order valence-corrected chi connectivity index (χ3v) is 4.11. The Morgan fingerprint density at radius 3 is 2.68 bits per heavy atom. The van der Waals surface area contributed by atoms with Crippen LogP contribution in [0.5, 0.6) is 5.75 Å². The van der Waals surface area contributed by atoms with Crippen LogP contribution in [-0.4, -0.2) is 7.11 Å². The fourth-order valence-electron chi connectivity index (χ4n) is 3.06. The molecule has 0 heterocycles. The van der Waals surface area contributed by atoms with Gasteiger partial charge in [-0.15, -0.1) is 0 Å². The molecule has 0 fully saturated rings. The lowest BCUT2D eigenvalue weighted by Crippen LogP contribution is -2.16. The van der Waals surface area contributed by atoms with E-state index in [2.05, 4.69) is 48.5 Å². The molecule has 1 atom stereocenters. The van der Waals surface area contributed by atoms with E-state index in [1.165, 1.54) is 42.4 Å². The highest BCUT2D eigenvalue weighted by molar-refractivity contribution is 5.37. The molecule has 1 aliphatic rings. The Bertz CT molecular complexity index is 545. The van der Waals surface area contributed by atoms with Crippen LogP contribution in [0.1, 0.15) is 23.1 Å². The summed E-state index contributed by atoms with van der Waals surface area (Å²) in [5.74, 6) is 1.77. The van der Waals surface area contributed by atoms with E-state index < -0.39 is 0 Å². The first kappa shape index (κ1) is 12.3. The number of rotatable bonds is 3. The molecular formula is C18H20O. The molecule has 0 spiro atoms. The summed E-state index contributed by atoms with van der Waals surface area (Å²) >= 11 is 0. The van der Waals surface area contributed by atoms with Gasteiger partial charge in [0.2, 0.25) is 0 Å². The first-order valence-electron chi connectivity index (χ1n) is 7.05. The van der Waals surface area contributed by atoms with Gasteiger partial charge in [-0.25, -0.2) is 0 Å². The Morgan fingerprint density at radius 1 is 1.05 bits per heavy atom. The summed E-state index contributed by atoms with van der Waals surface area (Å²) in [6.07, 6.45) is 4.87. The number of fused-ring (bicyclic) bond motifs is 1. The Labute approximate surface area is 115 Å². The zero-order valence-corrected chi connectivity index (χ0v) is 11.4. The summed E-state index contributed by atoms with van der Waals surface area (Å²) in [4.78, 5) is 0. The quantitative estimate of drug-likeness (QED) is 0.801. The summed E-state index contributed by atoms with van der Waals surface area (Å²) in [5.41, 5.74) is 4.45. The van der Waals surface area contributed by atoms with E-state index in [0.717, 1.165) is 11.7 Å². The van der Waals surface area contributed by atoms with Gasteiger partial charge >= 0.3 is 0 Å². The summed E-state index contributed by atoms with van der Waals surface area (Å²) in [6.45, 7) is 0. The Balaban J connectivity index is 1.72. The molecule has 2 aromatic carbocycles. The van der Waals surface area contributed by atoms with Crippen molar-refractivity contribution < 1.29 is 4.74 Å². The average Bonchev–Trinajstić information content (AvgIpc) is 2.48. The minimum Gasteiger partial charge on any atom is -0.497 e. The number of ether oxygens (including phenoxy) is 1. The maximum absolute atomic E-state index is 5.30. The molecule has 0 amide bonds. The molecule has 98 valence electrons. The maximum Gasteiger partial charge on any atom is 0.119 e. The van der Waals surface area contributed by atoms with Crippen molar-refractivity contribution in [3.8, 4) is 5.75 Å². The zero-order chi connectivity index (χ0) is 13.1. The number of hydrogen-bond acceptors (Lipinski definition) is 1. The fourth-order valence-corrected chi connectivity index (χ4v) is 3.06. The second kappa shape index (κ2) is 5.48. The summed E-state index contributed by atoms with van der Waals surface area (Å²) < 4.78 is 5.30. The third-order valence-electron chi connectivity index (χ3n) is 4.11. The van der Waals surface area contributed by atoms with Gasteiger partial charge in [0.05, 0.1) is 7.11 Å². The van der Waals surface area contributed by atoms with Crippen molar-refractivity contribution in [2.45, 2.75) is 25.7 Å². The first-order valence-corrected chi connectivity index (χ1v) is 7.05. The fraction of sp³-hybridized carbons (Fsp3) is 0.333. The van der Waals surface area contributed by atoms with Crippen molar-refractivity contribution in [3.05, 3.63) is 65.2 Å². The van der Waals surface area contributed by atoms with Gasteiger partial charge in [-0.3, -0.25) is 0 Å². The van der Waals surface area contributed by atoms with Crippen LogP contribution in [0, 0.1) is 5.92 Å². The molecule has 3 rings (SSSR count). The van der Waals surface area contributed by atoms with E-state index in [1.54, 1.807) is 7.11 Å². The predicted octanol–water partition coefficient (Wildman–Crippen LogP) is 4.04. The van der Waals surface area contributed by atoms with Gasteiger partial charge in [0.25, 0.3) is 0 Å². The molecule has 1 aliphatic carbocycles. The predicted molar refractivity (Wildman–Crippen MR) is 78.7 cm³/mol.